The van der Waals surface area contributed by atoms with E-state index in [4.69, 9.17) is 4.74 Å². The molecule has 2 unspecified atom stereocenters. The maximum absolute atomic E-state index is 6.96. The van der Waals surface area contributed by atoms with Crippen molar-refractivity contribution in [2.24, 2.45) is 11.8 Å². The third-order valence-electron chi connectivity index (χ3n) is 14.9. The van der Waals surface area contributed by atoms with Crippen LogP contribution in [-0.2, 0) is 19.5 Å². The predicted octanol–water partition coefficient (Wildman–Crippen LogP) is 18.8. The van der Waals surface area contributed by atoms with Crippen LogP contribution in [0.2, 0.25) is 0 Å². The first kappa shape index (κ1) is 47.6. The van der Waals surface area contributed by atoms with Gasteiger partial charge in [-0.15, -0.1) is 0 Å². The van der Waals surface area contributed by atoms with Crippen molar-refractivity contribution in [1.82, 2.24) is 9.13 Å². The topological polar surface area (TPSA) is 22.3 Å². The van der Waals surface area contributed by atoms with Crippen LogP contribution in [-0.4, -0.2) is 15.2 Å². The van der Waals surface area contributed by atoms with Crippen molar-refractivity contribution in [3.63, 3.8) is 0 Å². The summed E-state index contributed by atoms with van der Waals surface area (Å²) in [5.74, 6) is 3.05. The first-order valence-corrected chi connectivity index (χ1v) is 26.3. The summed E-state index contributed by atoms with van der Waals surface area (Å²) in [7, 11) is 0. The molecule has 0 saturated carbocycles. The van der Waals surface area contributed by atoms with Crippen LogP contribution in [0.3, 0.4) is 0 Å². The average Bonchev–Trinajstić information content (AvgIpc) is 3.87. The normalized spacial score (nSPS) is 12.9. The van der Waals surface area contributed by atoms with Crippen molar-refractivity contribution in [2.45, 2.75) is 112 Å². The van der Waals surface area contributed by atoms with Crippen LogP contribution >= 0.6 is 0 Å². The number of hydrogen-bond donors (Lipinski definition) is 0. The molecule has 360 valence electrons. The van der Waals surface area contributed by atoms with Gasteiger partial charge in [0.25, 0.3) is 0 Å². The molecule has 4 nitrogen and oxygen atoms in total. The number of aromatic nitrogens is 2. The smallest absolute Gasteiger partial charge is 0.119 e. The number of ether oxygens (including phenoxy) is 1. The van der Waals surface area contributed by atoms with Gasteiger partial charge in [0.05, 0.1) is 5.52 Å². The third kappa shape index (κ3) is 9.74. The molecule has 10 aromatic rings. The summed E-state index contributed by atoms with van der Waals surface area (Å²) >= 11 is 0. The third-order valence-corrected chi connectivity index (χ3v) is 14.9. The number of hydrogen-bond acceptors (Lipinski definition) is 2. The molecule has 2 atom stereocenters. The van der Waals surface area contributed by atoms with Gasteiger partial charge in [-0.3, -0.25) is 0 Å². The molecule has 0 amide bonds. The highest BCUT2D eigenvalue weighted by molar-refractivity contribution is 6.10. The van der Waals surface area contributed by atoms with Gasteiger partial charge in [0.1, 0.15) is 11.9 Å². The first-order valence-electron chi connectivity index (χ1n) is 26.3. The van der Waals surface area contributed by atoms with Crippen LogP contribution in [0.1, 0.15) is 109 Å². The first-order chi connectivity index (χ1) is 34.4. The van der Waals surface area contributed by atoms with E-state index in [0.717, 1.165) is 48.7 Å². The molecule has 0 radical (unpaired) electrons. The van der Waals surface area contributed by atoms with Gasteiger partial charge in [-0.2, -0.15) is 0 Å². The Morgan fingerprint density at radius 2 is 0.972 bits per heavy atom. The van der Waals surface area contributed by atoms with Crippen molar-refractivity contribution in [3.8, 4) is 16.9 Å². The van der Waals surface area contributed by atoms with Crippen molar-refractivity contribution in [3.05, 3.63) is 204 Å². The molecular formula is C67H71N3O. The molecule has 0 aliphatic rings. The molecule has 0 aliphatic heterocycles. The zero-order valence-corrected chi connectivity index (χ0v) is 43.4. The standard InChI is InChI=1S/C67H71N3O/c1-44(2)43-69-64-35-28-52(46(5)6)41-61(64)62-42-53(29-36-65(62)69)50-25-32-58(33-26-50)71-66(47(7)8)37-38-68-63-34-27-51(45(3)4)40-60(63)59-22-16-17-54(67(59)68)39-48(9)49-23-30-57(31-24-49)70(55-18-12-10-13-19-55)56-20-14-11-15-21-56/h10-36,40-42,44-48,66H,37-39,43H2,1-9H3. The van der Waals surface area contributed by atoms with E-state index in [2.05, 4.69) is 258 Å². The fraction of sp³-hybridized carbons (Fsp3) is 0.284. The molecule has 4 heteroatoms. The monoisotopic (exact) mass is 934 g/mol. The highest BCUT2D eigenvalue weighted by Crippen LogP contribution is 2.40. The van der Waals surface area contributed by atoms with Crippen molar-refractivity contribution in [1.29, 1.82) is 0 Å². The fourth-order valence-electron chi connectivity index (χ4n) is 10.9. The van der Waals surface area contributed by atoms with Gasteiger partial charge >= 0.3 is 0 Å². The predicted molar refractivity (Wildman–Crippen MR) is 304 cm³/mol. The number of nitrogens with zero attached hydrogens (tertiary/aromatic N) is 3. The van der Waals surface area contributed by atoms with Crippen LogP contribution in [0.4, 0.5) is 17.1 Å². The van der Waals surface area contributed by atoms with E-state index >= 15 is 0 Å². The van der Waals surface area contributed by atoms with Crippen LogP contribution in [0.25, 0.3) is 54.7 Å². The Morgan fingerprint density at radius 3 is 1.55 bits per heavy atom. The average molecular weight is 934 g/mol. The Kier molecular flexibility index (Phi) is 13.7. The van der Waals surface area contributed by atoms with Gasteiger partial charge in [0.15, 0.2) is 0 Å². The van der Waals surface area contributed by atoms with Gasteiger partial charge in [-0.05, 0) is 154 Å². The molecular weight excluding hydrogens is 863 g/mol. The summed E-state index contributed by atoms with van der Waals surface area (Å²) in [5.41, 5.74) is 16.6. The lowest BCUT2D eigenvalue weighted by Gasteiger charge is -2.26. The summed E-state index contributed by atoms with van der Waals surface area (Å²) in [6.07, 6.45) is 1.87. The summed E-state index contributed by atoms with van der Waals surface area (Å²) in [6, 6.07) is 67.6. The molecule has 2 heterocycles. The quantitative estimate of drug-likeness (QED) is 0.0908. The molecule has 0 aliphatic carbocycles. The second kappa shape index (κ2) is 20.4. The highest BCUT2D eigenvalue weighted by Gasteiger charge is 2.22. The number of benzene rings is 8. The Morgan fingerprint density at radius 1 is 0.451 bits per heavy atom. The summed E-state index contributed by atoms with van der Waals surface area (Å²) in [4.78, 5) is 2.33. The second-order valence-electron chi connectivity index (χ2n) is 21.5. The second-order valence-corrected chi connectivity index (χ2v) is 21.5. The zero-order chi connectivity index (χ0) is 49.3. The maximum Gasteiger partial charge on any atom is 0.119 e. The molecule has 0 bridgehead atoms. The zero-order valence-electron chi connectivity index (χ0n) is 43.4. The highest BCUT2D eigenvalue weighted by atomic mass is 16.5. The Bertz CT molecular complexity index is 3370. The minimum absolute atomic E-state index is 0.0396. The number of fused-ring (bicyclic) bond motifs is 6. The van der Waals surface area contributed by atoms with Crippen molar-refractivity contribution >= 4 is 60.7 Å². The molecule has 71 heavy (non-hydrogen) atoms. The van der Waals surface area contributed by atoms with Gasteiger partial charge in [0, 0.05) is 74.7 Å². The summed E-state index contributed by atoms with van der Waals surface area (Å²) in [6.45, 7) is 22.6. The Hall–Kier alpha value is -7.04. The van der Waals surface area contributed by atoms with Crippen LogP contribution in [0.15, 0.2) is 182 Å². The van der Waals surface area contributed by atoms with E-state index in [0.29, 0.717) is 29.6 Å². The lowest BCUT2D eigenvalue weighted by Crippen LogP contribution is -2.25. The van der Waals surface area contributed by atoms with E-state index < -0.39 is 0 Å². The van der Waals surface area contributed by atoms with E-state index in [9.17, 15) is 0 Å². The largest absolute Gasteiger partial charge is 0.490 e. The molecule has 10 rings (SSSR count). The van der Waals surface area contributed by atoms with Gasteiger partial charge < -0.3 is 18.8 Å². The van der Waals surface area contributed by atoms with E-state index in [-0.39, 0.29) is 6.10 Å². The van der Waals surface area contributed by atoms with Gasteiger partial charge in [-0.25, -0.2) is 0 Å². The number of anilines is 3. The lowest BCUT2D eigenvalue weighted by atomic mass is 9.92. The lowest BCUT2D eigenvalue weighted by molar-refractivity contribution is 0.137. The maximum atomic E-state index is 6.96. The van der Waals surface area contributed by atoms with Crippen LogP contribution in [0, 0.1) is 11.8 Å². The van der Waals surface area contributed by atoms with Crippen molar-refractivity contribution in [2.75, 3.05) is 4.90 Å². The SMILES string of the molecule is CC(C)Cn1c2ccc(-c3ccc(OC(CCn4c5ccc(C(C)C)cc5c5cccc(CC(C)c6ccc(N(c7ccccc7)c7ccccc7)cc6)c54)C(C)C)cc3)cc2c2cc(C(C)C)ccc21. The van der Waals surface area contributed by atoms with E-state index in [1.165, 1.54) is 77.0 Å². The number of rotatable bonds is 17. The number of para-hydroxylation sites is 3. The van der Waals surface area contributed by atoms with E-state index in [1.807, 2.05) is 0 Å². The Balaban J connectivity index is 0.914. The summed E-state index contributed by atoms with van der Waals surface area (Å²) < 4.78 is 12.1. The molecule has 0 saturated heterocycles. The molecule has 8 aromatic carbocycles. The van der Waals surface area contributed by atoms with Gasteiger partial charge in [-0.1, -0.05) is 159 Å². The molecule has 0 spiro atoms. The fourth-order valence-corrected chi connectivity index (χ4v) is 10.9. The minimum atomic E-state index is 0.0396. The molecule has 0 fully saturated rings. The Labute approximate surface area is 422 Å². The number of aryl methyl sites for hydroxylation is 1. The van der Waals surface area contributed by atoms with Gasteiger partial charge in [0.2, 0.25) is 0 Å². The summed E-state index contributed by atoms with van der Waals surface area (Å²) in [5, 5.41) is 5.35. The van der Waals surface area contributed by atoms with E-state index in [1.54, 1.807) is 0 Å². The minimum Gasteiger partial charge on any atom is -0.490 e. The molecule has 0 N–H and O–H groups in total. The van der Waals surface area contributed by atoms with Crippen LogP contribution < -0.4 is 9.64 Å². The van der Waals surface area contributed by atoms with Crippen molar-refractivity contribution < 1.29 is 4.74 Å². The van der Waals surface area contributed by atoms with Crippen LogP contribution in [0.5, 0.6) is 5.75 Å². The molecule has 2 aromatic heterocycles.